The van der Waals surface area contributed by atoms with E-state index in [1.807, 2.05) is 91.0 Å². The Bertz CT molecular complexity index is 2970. The van der Waals surface area contributed by atoms with Crippen LogP contribution < -0.4 is 0 Å². The molecule has 9 aromatic rings. The first-order valence-electron chi connectivity index (χ1n) is 16.3. The Kier molecular flexibility index (Phi) is 6.56. The molecule has 230 valence electrons. The van der Waals surface area contributed by atoms with Gasteiger partial charge in [-0.2, -0.15) is 15.8 Å². The number of hydrogen-bond donors (Lipinski definition) is 0. The van der Waals surface area contributed by atoms with Gasteiger partial charge in [0.1, 0.15) is 0 Å². The predicted molar refractivity (Wildman–Crippen MR) is 200 cm³/mol. The average Bonchev–Trinajstić information content (AvgIpc) is 3.69. The zero-order chi connectivity index (χ0) is 33.8. The highest BCUT2D eigenvalue weighted by Gasteiger charge is 2.19. The molecule has 2 aromatic heterocycles. The molecule has 0 unspecified atom stereocenters. The van der Waals surface area contributed by atoms with E-state index in [9.17, 15) is 15.8 Å². The lowest BCUT2D eigenvalue weighted by Gasteiger charge is -2.18. The molecule has 50 heavy (non-hydrogen) atoms. The lowest BCUT2D eigenvalue weighted by Crippen LogP contribution is -1.99. The van der Waals surface area contributed by atoms with Crippen LogP contribution in [0.5, 0.6) is 0 Å². The van der Waals surface area contributed by atoms with Gasteiger partial charge in [0.25, 0.3) is 0 Å². The van der Waals surface area contributed by atoms with Gasteiger partial charge in [-0.3, -0.25) is 0 Å². The van der Waals surface area contributed by atoms with Crippen molar-refractivity contribution in [2.24, 2.45) is 0 Å². The maximum atomic E-state index is 10.1. The van der Waals surface area contributed by atoms with Crippen LogP contribution in [0.25, 0.3) is 77.2 Å². The minimum atomic E-state index is 0.563. The van der Waals surface area contributed by atoms with Crippen LogP contribution in [0.4, 0.5) is 0 Å². The second-order valence-electron chi connectivity index (χ2n) is 12.3. The fourth-order valence-corrected chi connectivity index (χ4v) is 7.42. The van der Waals surface area contributed by atoms with Gasteiger partial charge in [0, 0.05) is 32.8 Å². The SMILES string of the molecule is N#Cc1ccc(-n2c3ccccc3c3ccc(C#N)cc32)c(-c2ccccc2-c2cccc(-n3c4ccccc4c4cc(C#N)ccc43)c2)c1. The Hall–Kier alpha value is -7.39. The topological polar surface area (TPSA) is 81.2 Å². The van der Waals surface area contributed by atoms with Crippen molar-refractivity contribution in [3.8, 4) is 51.8 Å². The van der Waals surface area contributed by atoms with Crippen LogP contribution in [0, 0.1) is 34.0 Å². The summed E-state index contributed by atoms with van der Waals surface area (Å²) < 4.78 is 4.47. The highest BCUT2D eigenvalue weighted by atomic mass is 15.0. The normalized spacial score (nSPS) is 11.1. The van der Waals surface area contributed by atoms with E-state index in [1.54, 1.807) is 0 Å². The van der Waals surface area contributed by atoms with E-state index in [4.69, 9.17) is 0 Å². The number of hydrogen-bond acceptors (Lipinski definition) is 3. The first-order valence-corrected chi connectivity index (χ1v) is 16.3. The van der Waals surface area contributed by atoms with Gasteiger partial charge in [-0.25, -0.2) is 0 Å². The van der Waals surface area contributed by atoms with Gasteiger partial charge in [-0.1, -0.05) is 78.9 Å². The molecule has 0 fully saturated rings. The molecule has 0 N–H and O–H groups in total. The van der Waals surface area contributed by atoms with Crippen molar-refractivity contribution in [1.82, 2.24) is 9.13 Å². The summed E-state index contributed by atoms with van der Waals surface area (Å²) >= 11 is 0. The highest BCUT2D eigenvalue weighted by Crippen LogP contribution is 2.41. The fraction of sp³-hybridized carbons (Fsp3) is 0. The Labute approximate surface area is 287 Å². The summed E-state index contributed by atoms with van der Waals surface area (Å²) in [6.07, 6.45) is 0. The molecule has 0 radical (unpaired) electrons. The molecule has 0 aliphatic carbocycles. The lowest BCUT2D eigenvalue weighted by atomic mass is 9.92. The summed E-state index contributed by atoms with van der Waals surface area (Å²) in [6, 6.07) is 57.9. The largest absolute Gasteiger partial charge is 0.309 e. The first kappa shape index (κ1) is 28.8. The van der Waals surface area contributed by atoms with Gasteiger partial charge >= 0.3 is 0 Å². The third-order valence-corrected chi connectivity index (χ3v) is 9.60. The van der Waals surface area contributed by atoms with Crippen LogP contribution in [0.15, 0.2) is 152 Å². The van der Waals surface area contributed by atoms with Gasteiger partial charge in [0.2, 0.25) is 0 Å². The molecule has 0 spiro atoms. The van der Waals surface area contributed by atoms with Crippen molar-refractivity contribution in [2.75, 3.05) is 0 Å². The molecule has 0 aliphatic heterocycles. The summed E-state index contributed by atoms with van der Waals surface area (Å²) in [5.41, 5.74) is 11.7. The van der Waals surface area contributed by atoms with Crippen LogP contribution in [0.2, 0.25) is 0 Å². The maximum absolute atomic E-state index is 10.1. The molecule has 0 bridgehead atoms. The van der Waals surface area contributed by atoms with Crippen LogP contribution in [-0.4, -0.2) is 9.13 Å². The van der Waals surface area contributed by atoms with E-state index in [-0.39, 0.29) is 0 Å². The summed E-state index contributed by atoms with van der Waals surface area (Å²) in [6.45, 7) is 0. The van der Waals surface area contributed by atoms with Crippen LogP contribution in [0.3, 0.4) is 0 Å². The van der Waals surface area contributed by atoms with Gasteiger partial charge in [0.15, 0.2) is 0 Å². The van der Waals surface area contributed by atoms with Crippen LogP contribution in [-0.2, 0) is 0 Å². The maximum Gasteiger partial charge on any atom is 0.0992 e. The number of para-hydroxylation sites is 2. The Morgan fingerprint density at radius 1 is 0.360 bits per heavy atom. The smallest absolute Gasteiger partial charge is 0.0992 e. The average molecular weight is 636 g/mol. The molecule has 5 heteroatoms. The molecule has 0 atom stereocenters. The molecule has 7 aromatic carbocycles. The molecule has 2 heterocycles. The van der Waals surface area contributed by atoms with Gasteiger partial charge < -0.3 is 9.13 Å². The molecule has 0 amide bonds. The van der Waals surface area contributed by atoms with Crippen LogP contribution >= 0.6 is 0 Å². The van der Waals surface area contributed by atoms with Crippen molar-refractivity contribution in [2.45, 2.75) is 0 Å². The van der Waals surface area contributed by atoms with Crippen molar-refractivity contribution < 1.29 is 0 Å². The number of aromatic nitrogens is 2. The molecule has 5 nitrogen and oxygen atoms in total. The molecular formula is C45H25N5. The summed E-state index contributed by atoms with van der Waals surface area (Å²) in [7, 11) is 0. The standard InChI is InChI=1S/C45H25N5/c46-26-29-18-21-44(50-42-15-6-3-12-36(42)38-19-16-31(28-48)24-45(38)50)39(22-29)35-11-2-1-10-34(35)32-8-7-9-33(25-32)49-41-14-5-4-13-37(41)40-23-30(27-47)17-20-43(40)49/h1-25H. The first-order chi connectivity index (χ1) is 24.7. The number of nitrogens with zero attached hydrogens (tertiary/aromatic N) is 5. The Balaban J connectivity index is 1.29. The minimum absolute atomic E-state index is 0.563. The number of benzene rings is 7. The molecule has 9 rings (SSSR count). The second-order valence-corrected chi connectivity index (χ2v) is 12.3. The summed E-state index contributed by atoms with van der Waals surface area (Å²) in [5.74, 6) is 0. The van der Waals surface area contributed by atoms with E-state index in [1.165, 1.54) is 0 Å². The zero-order valence-electron chi connectivity index (χ0n) is 26.7. The third-order valence-electron chi connectivity index (χ3n) is 9.60. The quantitative estimate of drug-likeness (QED) is 0.193. The third kappa shape index (κ3) is 4.38. The molecule has 0 aliphatic rings. The molecular weight excluding hydrogens is 611 g/mol. The minimum Gasteiger partial charge on any atom is -0.309 e. The monoisotopic (exact) mass is 635 g/mol. The van der Waals surface area contributed by atoms with Crippen molar-refractivity contribution in [3.05, 3.63) is 168 Å². The number of nitriles is 3. The summed E-state index contributed by atoms with van der Waals surface area (Å²) in [5, 5.41) is 33.8. The second kappa shape index (κ2) is 11.4. The van der Waals surface area contributed by atoms with Crippen molar-refractivity contribution in [3.63, 3.8) is 0 Å². The van der Waals surface area contributed by atoms with Gasteiger partial charge in [-0.15, -0.1) is 0 Å². The Morgan fingerprint density at radius 2 is 0.940 bits per heavy atom. The summed E-state index contributed by atoms with van der Waals surface area (Å²) in [4.78, 5) is 0. The fourth-order valence-electron chi connectivity index (χ4n) is 7.42. The van der Waals surface area contributed by atoms with Crippen molar-refractivity contribution >= 4 is 43.6 Å². The predicted octanol–water partition coefficient (Wildman–Crippen LogP) is 10.8. The van der Waals surface area contributed by atoms with E-state index in [0.29, 0.717) is 16.7 Å². The van der Waals surface area contributed by atoms with Crippen LogP contribution in [0.1, 0.15) is 16.7 Å². The van der Waals surface area contributed by atoms with E-state index >= 15 is 0 Å². The Morgan fingerprint density at radius 3 is 1.72 bits per heavy atom. The number of fused-ring (bicyclic) bond motifs is 6. The molecule has 0 saturated heterocycles. The van der Waals surface area contributed by atoms with E-state index in [2.05, 4.69) is 88.0 Å². The van der Waals surface area contributed by atoms with Gasteiger partial charge in [0.05, 0.1) is 62.7 Å². The lowest BCUT2D eigenvalue weighted by molar-refractivity contribution is 1.18. The zero-order valence-corrected chi connectivity index (χ0v) is 26.7. The highest BCUT2D eigenvalue weighted by molar-refractivity contribution is 6.11. The van der Waals surface area contributed by atoms with E-state index in [0.717, 1.165) is 77.2 Å². The number of rotatable bonds is 4. The van der Waals surface area contributed by atoms with Gasteiger partial charge in [-0.05, 0) is 89.5 Å². The van der Waals surface area contributed by atoms with E-state index < -0.39 is 0 Å². The van der Waals surface area contributed by atoms with Crippen molar-refractivity contribution in [1.29, 1.82) is 15.8 Å². The molecule has 0 saturated carbocycles.